The summed E-state index contributed by atoms with van der Waals surface area (Å²) >= 11 is 0. The van der Waals surface area contributed by atoms with Crippen molar-refractivity contribution >= 4 is 5.82 Å². The van der Waals surface area contributed by atoms with E-state index in [0.29, 0.717) is 11.9 Å². The van der Waals surface area contributed by atoms with E-state index in [1.165, 1.54) is 6.20 Å². The van der Waals surface area contributed by atoms with Crippen LogP contribution in [0.2, 0.25) is 0 Å². The molecule has 1 heterocycles. The molecule has 0 aliphatic heterocycles. The Morgan fingerprint density at radius 3 is 2.37 bits per heavy atom. The fraction of sp³-hybridized carbons (Fsp3) is 0.615. The highest BCUT2D eigenvalue weighted by Crippen LogP contribution is 2.30. The third-order valence-electron chi connectivity index (χ3n) is 3.57. The number of anilines is 1. The Morgan fingerprint density at radius 1 is 1.16 bits per heavy atom. The molecule has 0 radical (unpaired) electrons. The van der Waals surface area contributed by atoms with E-state index in [1.807, 2.05) is 7.05 Å². The largest absolute Gasteiger partial charge is 0.416 e. The third kappa shape index (κ3) is 3.83. The van der Waals surface area contributed by atoms with Crippen molar-refractivity contribution in [3.05, 3.63) is 23.9 Å². The average Bonchev–Trinajstić information content (AvgIpc) is 2.39. The van der Waals surface area contributed by atoms with Gasteiger partial charge < -0.3 is 10.6 Å². The van der Waals surface area contributed by atoms with E-state index >= 15 is 0 Å². The average molecular weight is 273 g/mol. The van der Waals surface area contributed by atoms with E-state index < -0.39 is 11.7 Å². The van der Waals surface area contributed by atoms with Crippen LogP contribution in [0, 0.1) is 0 Å². The maximum absolute atomic E-state index is 12.6. The van der Waals surface area contributed by atoms with Crippen LogP contribution >= 0.6 is 0 Å². The van der Waals surface area contributed by atoms with Gasteiger partial charge in [0.2, 0.25) is 0 Å². The molecule has 106 valence electrons. The van der Waals surface area contributed by atoms with E-state index in [0.717, 1.165) is 37.8 Å². The molecule has 1 aromatic rings. The standard InChI is InChI=1S/C13H18F3N3/c1-17-10-2-4-11(5-3-10)19-12-8-9(6-7-18-12)13(14,15)16/h6-8,10-11,17H,2-5H2,1H3,(H,18,19). The molecular formula is C13H18F3N3. The molecular weight excluding hydrogens is 255 g/mol. The van der Waals surface area contributed by atoms with Crippen LogP contribution in [0.5, 0.6) is 0 Å². The minimum atomic E-state index is -4.32. The van der Waals surface area contributed by atoms with Crippen LogP contribution in [0.3, 0.4) is 0 Å². The number of nitrogens with one attached hydrogen (secondary N) is 2. The summed E-state index contributed by atoms with van der Waals surface area (Å²) in [4.78, 5) is 3.96. The lowest BCUT2D eigenvalue weighted by Crippen LogP contribution is -2.35. The normalized spacial score (nSPS) is 24.2. The minimum Gasteiger partial charge on any atom is -0.367 e. The molecule has 3 nitrogen and oxygen atoms in total. The molecule has 19 heavy (non-hydrogen) atoms. The van der Waals surface area contributed by atoms with E-state index in [2.05, 4.69) is 15.6 Å². The highest BCUT2D eigenvalue weighted by Gasteiger charge is 2.31. The van der Waals surface area contributed by atoms with Gasteiger partial charge in [0, 0.05) is 18.3 Å². The fourth-order valence-corrected chi connectivity index (χ4v) is 2.42. The van der Waals surface area contributed by atoms with Gasteiger partial charge in [0.15, 0.2) is 0 Å². The Bertz CT molecular complexity index is 412. The number of halogens is 3. The van der Waals surface area contributed by atoms with Gasteiger partial charge in [0.05, 0.1) is 5.56 Å². The number of hydrogen-bond acceptors (Lipinski definition) is 3. The van der Waals surface area contributed by atoms with E-state index in [1.54, 1.807) is 0 Å². The lowest BCUT2D eigenvalue weighted by molar-refractivity contribution is -0.137. The summed E-state index contributed by atoms with van der Waals surface area (Å²) < 4.78 is 37.7. The van der Waals surface area contributed by atoms with Crippen molar-refractivity contribution in [3.8, 4) is 0 Å². The van der Waals surface area contributed by atoms with Crippen molar-refractivity contribution in [1.82, 2.24) is 10.3 Å². The number of rotatable bonds is 3. The Hall–Kier alpha value is -1.30. The van der Waals surface area contributed by atoms with Crippen molar-refractivity contribution in [2.45, 2.75) is 43.9 Å². The second kappa shape index (κ2) is 5.77. The smallest absolute Gasteiger partial charge is 0.367 e. The maximum atomic E-state index is 12.6. The van der Waals surface area contributed by atoms with Gasteiger partial charge in [0.1, 0.15) is 5.82 Å². The van der Waals surface area contributed by atoms with Gasteiger partial charge in [0.25, 0.3) is 0 Å². The summed E-state index contributed by atoms with van der Waals surface area (Å²) in [5, 5.41) is 6.32. The molecule has 0 bridgehead atoms. The lowest BCUT2D eigenvalue weighted by Gasteiger charge is -2.29. The van der Waals surface area contributed by atoms with Crippen LogP contribution in [-0.4, -0.2) is 24.1 Å². The molecule has 6 heteroatoms. The molecule has 2 N–H and O–H groups in total. The second-order valence-corrected chi connectivity index (χ2v) is 4.91. The quantitative estimate of drug-likeness (QED) is 0.888. The van der Waals surface area contributed by atoms with Crippen LogP contribution in [0.15, 0.2) is 18.3 Å². The number of aromatic nitrogens is 1. The first-order chi connectivity index (χ1) is 8.99. The minimum absolute atomic E-state index is 0.209. The second-order valence-electron chi connectivity index (χ2n) is 4.91. The number of hydrogen-bond donors (Lipinski definition) is 2. The first-order valence-electron chi connectivity index (χ1n) is 6.46. The topological polar surface area (TPSA) is 37.0 Å². The molecule has 0 unspecified atom stereocenters. The maximum Gasteiger partial charge on any atom is 0.416 e. The molecule has 1 saturated carbocycles. The van der Waals surface area contributed by atoms with E-state index in [4.69, 9.17) is 0 Å². The Balaban J connectivity index is 1.97. The molecule has 1 aromatic heterocycles. The van der Waals surface area contributed by atoms with Crippen LogP contribution in [-0.2, 0) is 6.18 Å². The molecule has 0 spiro atoms. The van der Waals surface area contributed by atoms with Crippen molar-refractivity contribution in [1.29, 1.82) is 0 Å². The van der Waals surface area contributed by atoms with Crippen molar-refractivity contribution in [2.24, 2.45) is 0 Å². The molecule has 0 aromatic carbocycles. The number of nitrogens with zero attached hydrogens (tertiary/aromatic N) is 1. The SMILES string of the molecule is CNC1CCC(Nc2cc(C(F)(F)F)ccn2)CC1. The summed E-state index contributed by atoms with van der Waals surface area (Å²) in [5.74, 6) is 0.308. The van der Waals surface area contributed by atoms with Gasteiger partial charge >= 0.3 is 6.18 Å². The van der Waals surface area contributed by atoms with Crippen molar-refractivity contribution in [3.63, 3.8) is 0 Å². The zero-order chi connectivity index (χ0) is 13.9. The highest BCUT2D eigenvalue weighted by molar-refractivity contribution is 5.39. The summed E-state index contributed by atoms with van der Waals surface area (Å²) in [6, 6.07) is 2.79. The molecule has 1 aliphatic carbocycles. The summed E-state index contributed by atoms with van der Waals surface area (Å²) in [7, 11) is 1.94. The van der Waals surface area contributed by atoms with Crippen molar-refractivity contribution in [2.75, 3.05) is 12.4 Å². The Kier molecular flexibility index (Phi) is 4.29. The van der Waals surface area contributed by atoms with Crippen LogP contribution in [0.4, 0.5) is 19.0 Å². The molecule has 0 atom stereocenters. The molecule has 2 rings (SSSR count). The van der Waals surface area contributed by atoms with E-state index in [-0.39, 0.29) is 6.04 Å². The Labute approximate surface area is 110 Å². The summed E-state index contributed by atoms with van der Waals surface area (Å²) in [6.07, 6.45) is 0.848. The number of alkyl halides is 3. The lowest BCUT2D eigenvalue weighted by atomic mass is 9.91. The van der Waals surface area contributed by atoms with Gasteiger partial charge in [-0.05, 0) is 44.9 Å². The highest BCUT2D eigenvalue weighted by atomic mass is 19.4. The van der Waals surface area contributed by atoms with Gasteiger partial charge in [-0.15, -0.1) is 0 Å². The zero-order valence-electron chi connectivity index (χ0n) is 10.8. The Morgan fingerprint density at radius 2 is 1.79 bits per heavy atom. The summed E-state index contributed by atoms with van der Waals surface area (Å²) in [5.41, 5.74) is -0.658. The van der Waals surface area contributed by atoms with Crippen LogP contribution in [0.25, 0.3) is 0 Å². The first-order valence-corrected chi connectivity index (χ1v) is 6.46. The zero-order valence-corrected chi connectivity index (χ0v) is 10.8. The van der Waals surface area contributed by atoms with E-state index in [9.17, 15) is 13.2 Å². The molecule has 1 fully saturated rings. The van der Waals surface area contributed by atoms with Gasteiger partial charge in [-0.2, -0.15) is 13.2 Å². The summed E-state index contributed by atoms with van der Waals surface area (Å²) in [6.45, 7) is 0. The van der Waals surface area contributed by atoms with Crippen LogP contribution in [0.1, 0.15) is 31.2 Å². The number of pyridine rings is 1. The molecule has 0 saturated heterocycles. The predicted molar refractivity (Wildman–Crippen MR) is 68.0 cm³/mol. The molecule has 0 amide bonds. The monoisotopic (exact) mass is 273 g/mol. The molecule has 1 aliphatic rings. The van der Waals surface area contributed by atoms with Gasteiger partial charge in [-0.25, -0.2) is 4.98 Å². The van der Waals surface area contributed by atoms with Crippen molar-refractivity contribution < 1.29 is 13.2 Å². The first kappa shape index (κ1) is 14.1. The van der Waals surface area contributed by atoms with Gasteiger partial charge in [-0.3, -0.25) is 0 Å². The predicted octanol–water partition coefficient (Wildman–Crippen LogP) is 3.04. The van der Waals surface area contributed by atoms with Crippen LogP contribution < -0.4 is 10.6 Å². The third-order valence-corrected chi connectivity index (χ3v) is 3.57. The van der Waals surface area contributed by atoms with Gasteiger partial charge in [-0.1, -0.05) is 0 Å². The fourth-order valence-electron chi connectivity index (χ4n) is 2.42.